The summed E-state index contributed by atoms with van der Waals surface area (Å²) in [5, 5.41) is 3.13. The van der Waals surface area contributed by atoms with Crippen LogP contribution in [-0.4, -0.2) is 53.6 Å². The highest BCUT2D eigenvalue weighted by Crippen LogP contribution is 2.21. The molecule has 2 unspecified atom stereocenters. The van der Waals surface area contributed by atoms with Crippen LogP contribution in [0.5, 0.6) is 0 Å². The Morgan fingerprint density at radius 3 is 2.78 bits per heavy atom. The molecule has 2 aliphatic rings. The number of nitrogens with zero attached hydrogens (tertiary/aromatic N) is 4. The van der Waals surface area contributed by atoms with Gasteiger partial charge in [0.15, 0.2) is 0 Å². The molecule has 126 valence electrons. The van der Waals surface area contributed by atoms with Crippen LogP contribution in [0.3, 0.4) is 0 Å². The van der Waals surface area contributed by atoms with Gasteiger partial charge in [0.25, 0.3) is 0 Å². The van der Waals surface area contributed by atoms with E-state index in [0.717, 1.165) is 57.9 Å². The van der Waals surface area contributed by atoms with Gasteiger partial charge < -0.3 is 15.1 Å². The van der Waals surface area contributed by atoms with Gasteiger partial charge in [0.05, 0.1) is 0 Å². The Bertz CT molecular complexity index is 509. The number of carbonyl (C=O) groups excluding carboxylic acids is 1. The van der Waals surface area contributed by atoms with Crippen LogP contribution in [0.25, 0.3) is 0 Å². The van der Waals surface area contributed by atoms with E-state index in [1.807, 2.05) is 11.0 Å². The summed E-state index contributed by atoms with van der Waals surface area (Å²) in [4.78, 5) is 25.1. The Morgan fingerprint density at radius 1 is 1.22 bits per heavy atom. The quantitative estimate of drug-likeness (QED) is 0.924. The van der Waals surface area contributed by atoms with Gasteiger partial charge in [-0.05, 0) is 37.2 Å². The van der Waals surface area contributed by atoms with E-state index >= 15 is 0 Å². The van der Waals surface area contributed by atoms with Crippen LogP contribution in [0.15, 0.2) is 18.5 Å². The van der Waals surface area contributed by atoms with Crippen molar-refractivity contribution in [2.75, 3.05) is 37.6 Å². The molecule has 3 rings (SSSR count). The lowest BCUT2D eigenvalue weighted by Crippen LogP contribution is -2.45. The number of hydrogen-bond donors (Lipinski definition) is 1. The molecule has 0 radical (unpaired) electrons. The van der Waals surface area contributed by atoms with Crippen molar-refractivity contribution >= 4 is 12.0 Å². The van der Waals surface area contributed by atoms with Crippen LogP contribution >= 0.6 is 0 Å². The van der Waals surface area contributed by atoms with Crippen LogP contribution in [0, 0.1) is 11.8 Å². The SMILES string of the molecule is CCC1CCN(C(=O)NCC2CCCN(c3ncccn3)C2)C1. The number of aromatic nitrogens is 2. The van der Waals surface area contributed by atoms with Crippen molar-refractivity contribution in [3.05, 3.63) is 18.5 Å². The monoisotopic (exact) mass is 317 g/mol. The summed E-state index contributed by atoms with van der Waals surface area (Å²) in [6, 6.07) is 1.94. The normalized spacial score (nSPS) is 24.7. The lowest BCUT2D eigenvalue weighted by atomic mass is 9.98. The third-order valence-corrected chi connectivity index (χ3v) is 5.05. The first-order chi connectivity index (χ1) is 11.3. The van der Waals surface area contributed by atoms with Gasteiger partial charge in [-0.15, -0.1) is 0 Å². The summed E-state index contributed by atoms with van der Waals surface area (Å²) in [5.74, 6) is 1.95. The zero-order chi connectivity index (χ0) is 16.1. The average molecular weight is 317 g/mol. The molecular formula is C17H27N5O. The molecule has 2 saturated heterocycles. The number of urea groups is 1. The van der Waals surface area contributed by atoms with Crippen LogP contribution in [-0.2, 0) is 0 Å². The van der Waals surface area contributed by atoms with Gasteiger partial charge in [0.2, 0.25) is 5.95 Å². The molecule has 6 nitrogen and oxygen atoms in total. The van der Waals surface area contributed by atoms with Crippen LogP contribution in [0.4, 0.5) is 10.7 Å². The second kappa shape index (κ2) is 7.62. The van der Waals surface area contributed by atoms with Gasteiger partial charge in [0, 0.05) is 45.1 Å². The first-order valence-electron chi connectivity index (χ1n) is 8.81. The molecule has 1 aromatic rings. The predicted octanol–water partition coefficient (Wildman–Crippen LogP) is 2.13. The molecule has 23 heavy (non-hydrogen) atoms. The smallest absolute Gasteiger partial charge is 0.317 e. The molecule has 2 amide bonds. The second-order valence-corrected chi connectivity index (χ2v) is 6.70. The summed E-state index contributed by atoms with van der Waals surface area (Å²) in [5.41, 5.74) is 0. The first-order valence-corrected chi connectivity index (χ1v) is 8.81. The summed E-state index contributed by atoms with van der Waals surface area (Å²) in [6.07, 6.45) is 8.16. The van der Waals surface area contributed by atoms with Gasteiger partial charge in [-0.2, -0.15) is 0 Å². The number of carbonyl (C=O) groups is 1. The number of anilines is 1. The lowest BCUT2D eigenvalue weighted by molar-refractivity contribution is 0.204. The van der Waals surface area contributed by atoms with E-state index in [-0.39, 0.29) is 6.03 Å². The molecule has 2 atom stereocenters. The number of amides is 2. The molecule has 0 spiro atoms. The molecule has 3 heterocycles. The Hall–Kier alpha value is -1.85. The van der Waals surface area contributed by atoms with E-state index in [9.17, 15) is 4.79 Å². The van der Waals surface area contributed by atoms with E-state index in [1.54, 1.807) is 12.4 Å². The Morgan fingerprint density at radius 2 is 2.04 bits per heavy atom. The minimum atomic E-state index is 0.106. The maximum atomic E-state index is 12.3. The van der Waals surface area contributed by atoms with E-state index < -0.39 is 0 Å². The zero-order valence-corrected chi connectivity index (χ0v) is 13.9. The lowest BCUT2D eigenvalue weighted by Gasteiger charge is -2.33. The summed E-state index contributed by atoms with van der Waals surface area (Å²) in [6.45, 7) is 6.68. The second-order valence-electron chi connectivity index (χ2n) is 6.70. The van der Waals surface area contributed by atoms with Crippen molar-refractivity contribution in [1.82, 2.24) is 20.2 Å². The summed E-state index contributed by atoms with van der Waals surface area (Å²) >= 11 is 0. The summed E-state index contributed by atoms with van der Waals surface area (Å²) < 4.78 is 0. The maximum absolute atomic E-state index is 12.3. The molecule has 1 aromatic heterocycles. The van der Waals surface area contributed by atoms with Crippen LogP contribution in [0.2, 0.25) is 0 Å². The highest BCUT2D eigenvalue weighted by Gasteiger charge is 2.26. The Balaban J connectivity index is 1.46. The van der Waals surface area contributed by atoms with Crippen LogP contribution in [0.1, 0.15) is 32.6 Å². The number of piperidine rings is 1. The van der Waals surface area contributed by atoms with Crippen LogP contribution < -0.4 is 10.2 Å². The molecular weight excluding hydrogens is 290 g/mol. The van der Waals surface area contributed by atoms with E-state index in [0.29, 0.717) is 11.8 Å². The fourth-order valence-electron chi connectivity index (χ4n) is 3.56. The fourth-order valence-corrected chi connectivity index (χ4v) is 3.56. The van der Waals surface area contributed by atoms with Gasteiger partial charge in [-0.25, -0.2) is 14.8 Å². The molecule has 0 aliphatic carbocycles. The minimum absolute atomic E-state index is 0.106. The average Bonchev–Trinajstić information content (AvgIpc) is 3.10. The van der Waals surface area contributed by atoms with E-state index in [1.165, 1.54) is 6.42 Å². The van der Waals surface area contributed by atoms with Crippen molar-refractivity contribution < 1.29 is 4.79 Å². The third-order valence-electron chi connectivity index (χ3n) is 5.05. The van der Waals surface area contributed by atoms with Crippen molar-refractivity contribution in [3.63, 3.8) is 0 Å². The molecule has 2 fully saturated rings. The van der Waals surface area contributed by atoms with Gasteiger partial charge in [-0.1, -0.05) is 13.3 Å². The fraction of sp³-hybridized carbons (Fsp3) is 0.706. The summed E-state index contributed by atoms with van der Waals surface area (Å²) in [7, 11) is 0. The van der Waals surface area contributed by atoms with Crippen molar-refractivity contribution in [2.24, 2.45) is 11.8 Å². The highest BCUT2D eigenvalue weighted by molar-refractivity contribution is 5.74. The third kappa shape index (κ3) is 4.12. The standard InChI is InChI=1S/C17H27N5O/c1-2-14-6-10-22(12-14)17(23)20-11-15-5-3-9-21(13-15)16-18-7-4-8-19-16/h4,7-8,14-15H,2-3,5-6,9-13H2,1H3,(H,20,23). The molecule has 0 saturated carbocycles. The number of rotatable bonds is 4. The van der Waals surface area contributed by atoms with Gasteiger partial charge in [-0.3, -0.25) is 0 Å². The Labute approximate surface area is 138 Å². The van der Waals surface area contributed by atoms with E-state index in [4.69, 9.17) is 0 Å². The van der Waals surface area contributed by atoms with Gasteiger partial charge >= 0.3 is 6.03 Å². The molecule has 0 bridgehead atoms. The minimum Gasteiger partial charge on any atom is -0.340 e. The van der Waals surface area contributed by atoms with Crippen molar-refractivity contribution in [2.45, 2.75) is 32.6 Å². The van der Waals surface area contributed by atoms with Gasteiger partial charge in [0.1, 0.15) is 0 Å². The number of nitrogens with one attached hydrogen (secondary N) is 1. The molecule has 1 N–H and O–H groups in total. The molecule has 6 heteroatoms. The molecule has 0 aromatic carbocycles. The number of likely N-dealkylation sites (tertiary alicyclic amines) is 1. The van der Waals surface area contributed by atoms with Crippen molar-refractivity contribution in [1.29, 1.82) is 0 Å². The Kier molecular flexibility index (Phi) is 5.31. The van der Waals surface area contributed by atoms with E-state index in [2.05, 4.69) is 27.1 Å². The van der Waals surface area contributed by atoms with Crippen molar-refractivity contribution in [3.8, 4) is 0 Å². The maximum Gasteiger partial charge on any atom is 0.317 e. The zero-order valence-electron chi connectivity index (χ0n) is 13.9. The predicted molar refractivity (Wildman–Crippen MR) is 90.3 cm³/mol. The topological polar surface area (TPSA) is 61.4 Å². The molecule has 2 aliphatic heterocycles. The number of hydrogen-bond acceptors (Lipinski definition) is 4. The highest BCUT2D eigenvalue weighted by atomic mass is 16.2. The largest absolute Gasteiger partial charge is 0.340 e. The first kappa shape index (κ1) is 16.0.